The summed E-state index contributed by atoms with van der Waals surface area (Å²) in [7, 11) is 0. The number of aromatic amines is 1. The smallest absolute Gasteiger partial charge is 0.451 e. The van der Waals surface area contributed by atoms with Gasteiger partial charge in [-0.2, -0.15) is 13.2 Å². The number of piperidine rings is 1. The first-order chi connectivity index (χ1) is 16.5. The lowest BCUT2D eigenvalue weighted by Crippen LogP contribution is -2.47. The van der Waals surface area contributed by atoms with E-state index in [1.54, 1.807) is 13.0 Å². The van der Waals surface area contributed by atoms with Crippen LogP contribution in [0.2, 0.25) is 0 Å². The maximum Gasteiger partial charge on any atom is 0.471 e. The number of likely N-dealkylation sites (tertiary alicyclic amines) is 1. The zero-order valence-electron chi connectivity index (χ0n) is 19.0. The van der Waals surface area contributed by atoms with Gasteiger partial charge in [-0.25, -0.2) is 0 Å². The molecule has 3 N–H and O–H groups in total. The van der Waals surface area contributed by atoms with E-state index < -0.39 is 24.3 Å². The molecule has 2 amide bonds. The van der Waals surface area contributed by atoms with Crippen molar-refractivity contribution in [2.75, 3.05) is 19.3 Å². The molecule has 0 bridgehead atoms. The summed E-state index contributed by atoms with van der Waals surface area (Å²) >= 11 is 1.40. The summed E-state index contributed by atoms with van der Waals surface area (Å²) in [5.74, 6) is -2.17. The van der Waals surface area contributed by atoms with Crippen LogP contribution in [0.5, 0.6) is 11.5 Å². The molecule has 1 atom stereocenters. The van der Waals surface area contributed by atoms with Crippen LogP contribution in [0.3, 0.4) is 0 Å². The van der Waals surface area contributed by atoms with E-state index in [0.717, 1.165) is 9.80 Å². The molecule has 188 valence electrons. The Morgan fingerprint density at radius 3 is 2.49 bits per heavy atom. The van der Waals surface area contributed by atoms with Crippen LogP contribution in [-0.4, -0.2) is 53.5 Å². The highest BCUT2D eigenvalue weighted by Gasteiger charge is 2.45. The second-order valence-electron chi connectivity index (χ2n) is 8.52. The number of hydrogen-bond donors (Lipinski definition) is 2. The van der Waals surface area contributed by atoms with Crippen LogP contribution < -0.4 is 20.8 Å². The molecule has 1 aromatic heterocycles. The highest BCUT2D eigenvalue weighted by molar-refractivity contribution is 7.98. The highest BCUT2D eigenvalue weighted by Crippen LogP contribution is 2.44. The molecule has 0 aliphatic carbocycles. The van der Waals surface area contributed by atoms with Gasteiger partial charge >= 0.3 is 12.1 Å². The average Bonchev–Trinajstić information content (AvgIpc) is 3.24. The minimum absolute atomic E-state index is 0.0713. The van der Waals surface area contributed by atoms with Gasteiger partial charge in [0.25, 0.3) is 5.56 Å². The van der Waals surface area contributed by atoms with Gasteiger partial charge in [0.2, 0.25) is 12.2 Å². The number of carbonyl (C=O) groups excluding carboxylic acids is 2. The van der Waals surface area contributed by atoms with Gasteiger partial charge < -0.3 is 25.1 Å². The molecule has 35 heavy (non-hydrogen) atoms. The number of nitrogens with two attached hydrogens (primary N) is 1. The van der Waals surface area contributed by atoms with E-state index in [9.17, 15) is 27.6 Å². The molecule has 0 saturated carbocycles. The molecule has 0 radical (unpaired) electrons. The number of pyridine rings is 1. The van der Waals surface area contributed by atoms with Crippen LogP contribution in [0, 0.1) is 12.8 Å². The molecule has 1 unspecified atom stereocenters. The van der Waals surface area contributed by atoms with Gasteiger partial charge in [0, 0.05) is 52.7 Å². The van der Waals surface area contributed by atoms with Crippen molar-refractivity contribution in [1.29, 1.82) is 0 Å². The normalized spacial score (nSPS) is 18.1. The first-order valence-electron chi connectivity index (χ1n) is 10.9. The van der Waals surface area contributed by atoms with E-state index in [0.29, 0.717) is 22.6 Å². The van der Waals surface area contributed by atoms with Crippen molar-refractivity contribution in [3.63, 3.8) is 0 Å². The number of nitrogens with one attached hydrogen (secondary N) is 1. The molecule has 0 spiro atoms. The van der Waals surface area contributed by atoms with Gasteiger partial charge in [-0.3, -0.25) is 14.4 Å². The van der Waals surface area contributed by atoms with Crippen molar-refractivity contribution in [2.24, 2.45) is 11.7 Å². The van der Waals surface area contributed by atoms with E-state index in [4.69, 9.17) is 15.2 Å². The SMILES string of the molecule is CSc1cc(C)[nH]c(=O)c1Cc1c(C(N)=O)ccc2c1OC(C1CCN(C(=O)C(F)(F)F)CC1)O2. The fraction of sp³-hybridized carbons (Fsp3) is 0.435. The Hall–Kier alpha value is -3.15. The Labute approximate surface area is 203 Å². The molecule has 1 saturated heterocycles. The number of halogens is 3. The summed E-state index contributed by atoms with van der Waals surface area (Å²) in [4.78, 5) is 40.7. The zero-order chi connectivity index (χ0) is 25.5. The van der Waals surface area contributed by atoms with Crippen LogP contribution in [0.15, 0.2) is 27.9 Å². The number of amides is 2. The number of H-pyrrole nitrogens is 1. The molecule has 1 fully saturated rings. The molecule has 12 heteroatoms. The van der Waals surface area contributed by atoms with Crippen molar-refractivity contribution < 1.29 is 32.2 Å². The topological polar surface area (TPSA) is 115 Å². The summed E-state index contributed by atoms with van der Waals surface area (Å²) in [5.41, 5.74) is 7.05. The highest BCUT2D eigenvalue weighted by atomic mass is 32.2. The summed E-state index contributed by atoms with van der Waals surface area (Å²) in [6.45, 7) is 1.63. The predicted molar refractivity (Wildman–Crippen MR) is 122 cm³/mol. The number of ether oxygens (including phenoxy) is 2. The number of benzene rings is 1. The third-order valence-corrected chi connectivity index (χ3v) is 7.03. The Bertz CT molecular complexity index is 1220. The first-order valence-corrected chi connectivity index (χ1v) is 12.1. The maximum absolute atomic E-state index is 12.7. The summed E-state index contributed by atoms with van der Waals surface area (Å²) in [6, 6.07) is 4.90. The van der Waals surface area contributed by atoms with Gasteiger partial charge in [-0.05, 0) is 44.2 Å². The maximum atomic E-state index is 12.7. The molecular formula is C23H24F3N3O5S. The third kappa shape index (κ3) is 4.97. The quantitative estimate of drug-likeness (QED) is 0.597. The second-order valence-corrected chi connectivity index (χ2v) is 9.37. The van der Waals surface area contributed by atoms with Crippen LogP contribution in [-0.2, 0) is 11.2 Å². The van der Waals surface area contributed by atoms with Gasteiger partial charge in [0.15, 0.2) is 11.5 Å². The molecule has 1 aromatic carbocycles. The van der Waals surface area contributed by atoms with Gasteiger partial charge in [-0.1, -0.05) is 0 Å². The summed E-state index contributed by atoms with van der Waals surface area (Å²) in [6.07, 6.45) is -3.28. The number of fused-ring (bicyclic) bond motifs is 1. The molecular weight excluding hydrogens is 487 g/mol. The van der Waals surface area contributed by atoms with E-state index in [2.05, 4.69) is 4.98 Å². The van der Waals surface area contributed by atoms with Crippen LogP contribution in [0.4, 0.5) is 13.2 Å². The number of rotatable bonds is 5. The molecule has 2 aromatic rings. The summed E-state index contributed by atoms with van der Waals surface area (Å²) in [5, 5.41) is 0. The molecule has 2 aliphatic heterocycles. The van der Waals surface area contributed by atoms with E-state index >= 15 is 0 Å². The average molecular weight is 512 g/mol. The van der Waals surface area contributed by atoms with Crippen LogP contribution in [0.25, 0.3) is 0 Å². The Morgan fingerprint density at radius 1 is 1.20 bits per heavy atom. The Kier molecular flexibility index (Phi) is 6.76. The van der Waals surface area contributed by atoms with Gasteiger partial charge in [-0.15, -0.1) is 11.8 Å². The van der Waals surface area contributed by atoms with Crippen LogP contribution >= 0.6 is 11.8 Å². The van der Waals surface area contributed by atoms with Crippen molar-refractivity contribution in [3.8, 4) is 11.5 Å². The number of alkyl halides is 3. The largest absolute Gasteiger partial charge is 0.471 e. The Morgan fingerprint density at radius 2 is 1.89 bits per heavy atom. The summed E-state index contributed by atoms with van der Waals surface area (Å²) < 4.78 is 50.2. The molecule has 4 rings (SSSR count). The third-order valence-electron chi connectivity index (χ3n) is 6.22. The van der Waals surface area contributed by atoms with Gasteiger partial charge in [0.05, 0.1) is 0 Å². The van der Waals surface area contributed by atoms with Gasteiger partial charge in [0.1, 0.15) is 0 Å². The monoisotopic (exact) mass is 511 g/mol. The number of thioether (sulfide) groups is 1. The standard InChI is InChI=1S/C23H24F3N3O5S/c1-11-9-17(35-2)15(20(31)28-11)10-14-13(19(27)30)3-4-16-18(14)34-21(33-16)12-5-7-29(8-6-12)22(32)23(24,25)26/h3-4,9,12,21H,5-8,10H2,1-2H3,(H2,27,30)(H,28,31). The minimum Gasteiger partial charge on any atom is -0.451 e. The number of aryl methyl sites for hydroxylation is 1. The predicted octanol–water partition coefficient (Wildman–Crippen LogP) is 2.99. The zero-order valence-corrected chi connectivity index (χ0v) is 19.8. The lowest BCUT2D eigenvalue weighted by atomic mass is 9.96. The van der Waals surface area contributed by atoms with Crippen molar-refractivity contribution in [3.05, 3.63) is 50.9 Å². The fourth-order valence-electron chi connectivity index (χ4n) is 4.46. The van der Waals surface area contributed by atoms with Crippen molar-refractivity contribution in [1.82, 2.24) is 9.88 Å². The molecule has 8 nitrogen and oxygen atoms in total. The number of hydrogen-bond acceptors (Lipinski definition) is 6. The first kappa shape index (κ1) is 25.0. The van der Waals surface area contributed by atoms with Crippen LogP contribution in [0.1, 0.15) is 40.0 Å². The van der Waals surface area contributed by atoms with E-state index in [1.165, 1.54) is 17.8 Å². The number of carbonyl (C=O) groups is 2. The number of nitrogens with zero attached hydrogens (tertiary/aromatic N) is 1. The van der Waals surface area contributed by atoms with Crippen molar-refractivity contribution >= 4 is 23.6 Å². The minimum atomic E-state index is -4.91. The molecule has 2 aliphatic rings. The second kappa shape index (κ2) is 9.48. The molecule has 3 heterocycles. The van der Waals surface area contributed by atoms with E-state index in [-0.39, 0.29) is 55.1 Å². The number of aromatic nitrogens is 1. The lowest BCUT2D eigenvalue weighted by Gasteiger charge is -2.33. The van der Waals surface area contributed by atoms with Crippen molar-refractivity contribution in [2.45, 2.75) is 43.5 Å². The Balaban J connectivity index is 1.59. The lowest BCUT2D eigenvalue weighted by molar-refractivity contribution is -0.187. The number of primary amides is 1. The fourth-order valence-corrected chi connectivity index (χ4v) is 5.16. The van der Waals surface area contributed by atoms with E-state index in [1.807, 2.05) is 12.3 Å².